The minimum absolute atomic E-state index is 0.0534. The number of carbonyl (C=O) groups excluding carboxylic acids is 1. The summed E-state index contributed by atoms with van der Waals surface area (Å²) < 4.78 is 37.9. The maximum absolute atomic E-state index is 12.6. The molecule has 2 aromatic rings. The van der Waals surface area contributed by atoms with E-state index in [4.69, 9.17) is 0 Å². The SMILES string of the molecule is C[C@@H](CC(=O)NCc1cccc(C(F)(F)F)c1)c1ccccc1. The molecule has 0 unspecified atom stereocenters. The average molecular weight is 321 g/mol. The first-order valence-corrected chi connectivity index (χ1v) is 7.34. The highest BCUT2D eigenvalue weighted by Crippen LogP contribution is 2.29. The molecule has 0 radical (unpaired) electrons. The van der Waals surface area contributed by atoms with Crippen LogP contribution in [0.1, 0.15) is 36.0 Å². The Balaban J connectivity index is 1.90. The molecule has 0 saturated heterocycles. The Hall–Kier alpha value is -2.30. The van der Waals surface area contributed by atoms with Crippen LogP contribution in [0.15, 0.2) is 54.6 Å². The van der Waals surface area contributed by atoms with Crippen LogP contribution in [0, 0.1) is 0 Å². The molecule has 0 aliphatic carbocycles. The molecule has 1 N–H and O–H groups in total. The second kappa shape index (κ2) is 7.31. The van der Waals surface area contributed by atoms with Gasteiger partial charge in [0, 0.05) is 13.0 Å². The summed E-state index contributed by atoms with van der Waals surface area (Å²) in [5.74, 6) is -0.128. The minimum Gasteiger partial charge on any atom is -0.352 e. The Labute approximate surface area is 133 Å². The highest BCUT2D eigenvalue weighted by Gasteiger charge is 2.30. The third-order valence-electron chi connectivity index (χ3n) is 3.60. The monoisotopic (exact) mass is 321 g/mol. The second-order valence-electron chi connectivity index (χ2n) is 5.49. The van der Waals surface area contributed by atoms with E-state index in [1.165, 1.54) is 6.07 Å². The summed E-state index contributed by atoms with van der Waals surface area (Å²) in [7, 11) is 0. The number of rotatable bonds is 5. The summed E-state index contributed by atoms with van der Waals surface area (Å²) in [5, 5.41) is 2.67. The average Bonchev–Trinajstić information content (AvgIpc) is 2.53. The fraction of sp³-hybridized carbons (Fsp3) is 0.278. The molecular formula is C18H18F3NO. The van der Waals surface area contributed by atoms with Crippen LogP contribution in [0.3, 0.4) is 0 Å². The molecule has 0 aliphatic rings. The molecule has 0 aliphatic heterocycles. The van der Waals surface area contributed by atoms with E-state index >= 15 is 0 Å². The van der Waals surface area contributed by atoms with E-state index in [0.717, 1.165) is 17.7 Å². The molecule has 5 heteroatoms. The van der Waals surface area contributed by atoms with Gasteiger partial charge in [-0.2, -0.15) is 13.2 Å². The lowest BCUT2D eigenvalue weighted by Gasteiger charge is -2.13. The maximum Gasteiger partial charge on any atom is 0.416 e. The molecular weight excluding hydrogens is 303 g/mol. The first-order chi connectivity index (χ1) is 10.9. The predicted molar refractivity (Wildman–Crippen MR) is 82.8 cm³/mol. The van der Waals surface area contributed by atoms with Crippen LogP contribution in [0.4, 0.5) is 13.2 Å². The topological polar surface area (TPSA) is 29.1 Å². The van der Waals surface area contributed by atoms with Crippen LogP contribution in [-0.2, 0) is 17.5 Å². The summed E-state index contributed by atoms with van der Waals surface area (Å²) >= 11 is 0. The molecule has 23 heavy (non-hydrogen) atoms. The maximum atomic E-state index is 12.6. The molecule has 2 rings (SSSR count). The lowest BCUT2D eigenvalue weighted by atomic mass is 9.97. The van der Waals surface area contributed by atoms with Gasteiger partial charge in [0.15, 0.2) is 0 Å². The number of hydrogen-bond acceptors (Lipinski definition) is 1. The van der Waals surface area contributed by atoms with Crippen molar-refractivity contribution >= 4 is 5.91 Å². The highest BCUT2D eigenvalue weighted by atomic mass is 19.4. The molecule has 1 amide bonds. The summed E-state index contributed by atoms with van der Waals surface area (Å²) in [6.45, 7) is 2.03. The standard InChI is InChI=1S/C18H18F3NO/c1-13(15-7-3-2-4-8-15)10-17(23)22-12-14-6-5-9-16(11-14)18(19,20)21/h2-9,11,13H,10,12H2,1H3,(H,22,23)/t13-/m0/s1. The van der Waals surface area contributed by atoms with Crippen molar-refractivity contribution in [3.05, 3.63) is 71.3 Å². The van der Waals surface area contributed by atoms with E-state index in [-0.39, 0.29) is 18.4 Å². The van der Waals surface area contributed by atoms with Gasteiger partial charge in [0.25, 0.3) is 0 Å². The Morgan fingerprint density at radius 3 is 2.43 bits per heavy atom. The van der Waals surface area contributed by atoms with Crippen molar-refractivity contribution < 1.29 is 18.0 Å². The first-order valence-electron chi connectivity index (χ1n) is 7.34. The zero-order chi connectivity index (χ0) is 16.9. The van der Waals surface area contributed by atoms with Crippen molar-refractivity contribution in [3.63, 3.8) is 0 Å². The fourth-order valence-corrected chi connectivity index (χ4v) is 2.31. The van der Waals surface area contributed by atoms with Crippen molar-refractivity contribution in [3.8, 4) is 0 Å². The molecule has 0 bridgehead atoms. The zero-order valence-corrected chi connectivity index (χ0v) is 12.7. The van der Waals surface area contributed by atoms with E-state index in [0.29, 0.717) is 12.0 Å². The fourth-order valence-electron chi connectivity index (χ4n) is 2.31. The van der Waals surface area contributed by atoms with Crippen LogP contribution in [-0.4, -0.2) is 5.91 Å². The lowest BCUT2D eigenvalue weighted by Crippen LogP contribution is -2.24. The van der Waals surface area contributed by atoms with Gasteiger partial charge in [-0.15, -0.1) is 0 Å². The van der Waals surface area contributed by atoms with Crippen LogP contribution >= 0.6 is 0 Å². The second-order valence-corrected chi connectivity index (χ2v) is 5.49. The van der Waals surface area contributed by atoms with Crippen LogP contribution < -0.4 is 5.32 Å². The zero-order valence-electron chi connectivity index (χ0n) is 12.7. The van der Waals surface area contributed by atoms with Gasteiger partial charge in [-0.25, -0.2) is 0 Å². The largest absolute Gasteiger partial charge is 0.416 e. The molecule has 0 fully saturated rings. The quantitative estimate of drug-likeness (QED) is 0.862. The molecule has 0 saturated carbocycles. The third kappa shape index (κ3) is 5.13. The number of halogens is 3. The van der Waals surface area contributed by atoms with Gasteiger partial charge in [0.2, 0.25) is 5.91 Å². The molecule has 122 valence electrons. The summed E-state index contributed by atoms with van der Waals surface area (Å²) in [6.07, 6.45) is -4.08. The lowest BCUT2D eigenvalue weighted by molar-refractivity contribution is -0.137. The van der Waals surface area contributed by atoms with Gasteiger partial charge < -0.3 is 5.32 Å². The molecule has 2 nitrogen and oxygen atoms in total. The number of carbonyl (C=O) groups is 1. The van der Waals surface area contributed by atoms with Crippen LogP contribution in [0.5, 0.6) is 0 Å². The van der Waals surface area contributed by atoms with Gasteiger partial charge in [-0.1, -0.05) is 49.4 Å². The van der Waals surface area contributed by atoms with E-state index in [1.54, 1.807) is 6.07 Å². The van der Waals surface area contributed by atoms with E-state index in [2.05, 4.69) is 5.32 Å². The van der Waals surface area contributed by atoms with E-state index in [9.17, 15) is 18.0 Å². The van der Waals surface area contributed by atoms with Gasteiger partial charge in [0.05, 0.1) is 5.56 Å². The van der Waals surface area contributed by atoms with Crippen molar-refractivity contribution in [2.45, 2.75) is 32.0 Å². The summed E-state index contributed by atoms with van der Waals surface area (Å²) in [5.41, 5.74) is 0.782. The first kappa shape index (κ1) is 17.1. The molecule has 2 aromatic carbocycles. The molecule has 1 atom stereocenters. The van der Waals surface area contributed by atoms with Crippen LogP contribution in [0.2, 0.25) is 0 Å². The van der Waals surface area contributed by atoms with E-state index < -0.39 is 11.7 Å². The Morgan fingerprint density at radius 1 is 1.09 bits per heavy atom. The number of hydrogen-bond donors (Lipinski definition) is 1. The number of alkyl halides is 3. The van der Waals surface area contributed by atoms with Gasteiger partial charge in [0.1, 0.15) is 0 Å². The molecule has 0 aromatic heterocycles. The van der Waals surface area contributed by atoms with Gasteiger partial charge in [-0.05, 0) is 29.2 Å². The predicted octanol–water partition coefficient (Wildman–Crippen LogP) is 4.52. The van der Waals surface area contributed by atoms with Crippen molar-refractivity contribution in [1.29, 1.82) is 0 Å². The minimum atomic E-state index is -4.37. The third-order valence-corrected chi connectivity index (χ3v) is 3.60. The smallest absolute Gasteiger partial charge is 0.352 e. The van der Waals surface area contributed by atoms with Crippen molar-refractivity contribution in [2.24, 2.45) is 0 Å². The Kier molecular flexibility index (Phi) is 5.42. The molecule has 0 heterocycles. The van der Waals surface area contributed by atoms with Crippen LogP contribution in [0.25, 0.3) is 0 Å². The summed E-state index contributed by atoms with van der Waals surface area (Å²) in [4.78, 5) is 11.9. The number of nitrogens with one attached hydrogen (secondary N) is 1. The normalized spacial score (nSPS) is 12.7. The number of benzene rings is 2. The Bertz CT molecular complexity index is 653. The summed E-state index contributed by atoms with van der Waals surface area (Å²) in [6, 6.07) is 14.6. The van der Waals surface area contributed by atoms with E-state index in [1.807, 2.05) is 37.3 Å². The highest BCUT2D eigenvalue weighted by molar-refractivity contribution is 5.76. The number of amides is 1. The Morgan fingerprint density at radius 2 is 1.78 bits per heavy atom. The molecule has 0 spiro atoms. The van der Waals surface area contributed by atoms with Crippen molar-refractivity contribution in [1.82, 2.24) is 5.32 Å². The van der Waals surface area contributed by atoms with Gasteiger partial charge in [-0.3, -0.25) is 4.79 Å². The van der Waals surface area contributed by atoms with Crippen molar-refractivity contribution in [2.75, 3.05) is 0 Å². The van der Waals surface area contributed by atoms with Gasteiger partial charge >= 0.3 is 6.18 Å².